The summed E-state index contributed by atoms with van der Waals surface area (Å²) in [6, 6.07) is 0. The Hall–Kier alpha value is -0.280. The molecule has 0 aromatic rings. The molecule has 0 aliphatic carbocycles. The van der Waals surface area contributed by atoms with Gasteiger partial charge in [0.1, 0.15) is 11.7 Å². The van der Waals surface area contributed by atoms with Crippen molar-refractivity contribution in [1.29, 1.82) is 0 Å². The monoisotopic (exact) mass is 210 g/mol. The van der Waals surface area contributed by atoms with Crippen molar-refractivity contribution in [2.45, 2.75) is 36.8 Å². The lowest BCUT2D eigenvalue weighted by molar-refractivity contribution is -0.404. The summed E-state index contributed by atoms with van der Waals surface area (Å²) in [5, 5.41) is 54.9. The van der Waals surface area contributed by atoms with E-state index in [1.54, 1.807) is 0 Å². The van der Waals surface area contributed by atoms with Gasteiger partial charge in [-0.25, -0.2) is 0 Å². The normalized spacial score (nSPS) is 47.8. The van der Waals surface area contributed by atoms with Crippen LogP contribution < -0.4 is 0 Å². The first-order chi connectivity index (χ1) is 6.25. The Morgan fingerprint density at radius 3 is 2.14 bits per heavy atom. The summed E-state index contributed by atoms with van der Waals surface area (Å²) in [6.07, 6.45) is -5.87. The summed E-state index contributed by atoms with van der Waals surface area (Å²) in [4.78, 5) is 0. The van der Waals surface area contributed by atoms with Crippen LogP contribution in [0.3, 0.4) is 0 Å². The second-order valence-electron chi connectivity index (χ2n) is 3.61. The van der Waals surface area contributed by atoms with Crippen molar-refractivity contribution in [2.24, 2.45) is 0 Å². The quantitative estimate of drug-likeness (QED) is 0.247. The van der Waals surface area contributed by atoms with Crippen LogP contribution in [0.15, 0.2) is 0 Å². The standard InChI is InChI=1S/C7H14O7/c1-6(2-8)5(11)7(12,13)3(9)4(10)14-6/h3-5,8-13H,2H2,1H3/t3-,4-,5-,6+/m0/s1. The van der Waals surface area contributed by atoms with E-state index in [1.165, 1.54) is 6.92 Å². The minimum Gasteiger partial charge on any atom is -0.393 e. The number of hydrogen-bond donors (Lipinski definition) is 6. The predicted octanol–water partition coefficient (Wildman–Crippen LogP) is -3.51. The van der Waals surface area contributed by atoms with E-state index >= 15 is 0 Å². The molecule has 1 fully saturated rings. The molecule has 1 aliphatic heterocycles. The van der Waals surface area contributed by atoms with E-state index in [0.29, 0.717) is 0 Å². The maximum Gasteiger partial charge on any atom is 0.224 e. The Bertz CT molecular complexity index is 213. The zero-order valence-corrected chi connectivity index (χ0v) is 7.53. The molecule has 7 nitrogen and oxygen atoms in total. The van der Waals surface area contributed by atoms with Crippen LogP contribution >= 0.6 is 0 Å². The van der Waals surface area contributed by atoms with Gasteiger partial charge in [0, 0.05) is 0 Å². The Kier molecular flexibility index (Phi) is 2.85. The molecule has 0 aromatic carbocycles. The average Bonchev–Trinajstić information content (AvgIpc) is 2.13. The van der Waals surface area contributed by atoms with Crippen molar-refractivity contribution >= 4 is 0 Å². The number of hydrogen-bond acceptors (Lipinski definition) is 7. The number of ether oxygens (including phenoxy) is 1. The van der Waals surface area contributed by atoms with Gasteiger partial charge in [-0.05, 0) is 6.92 Å². The number of rotatable bonds is 1. The zero-order chi connectivity index (χ0) is 11.1. The molecule has 1 rings (SSSR count). The first-order valence-corrected chi connectivity index (χ1v) is 4.03. The summed E-state index contributed by atoms with van der Waals surface area (Å²) >= 11 is 0. The summed E-state index contributed by atoms with van der Waals surface area (Å²) in [6.45, 7) is 0.439. The maximum absolute atomic E-state index is 9.39. The first-order valence-electron chi connectivity index (χ1n) is 4.03. The van der Waals surface area contributed by atoms with Gasteiger partial charge < -0.3 is 35.4 Å². The molecule has 0 amide bonds. The molecule has 0 unspecified atom stereocenters. The van der Waals surface area contributed by atoms with Gasteiger partial charge in [-0.15, -0.1) is 0 Å². The highest BCUT2D eigenvalue weighted by atomic mass is 16.7. The molecule has 7 heteroatoms. The lowest BCUT2D eigenvalue weighted by Crippen LogP contribution is -2.71. The molecule has 0 bridgehead atoms. The molecular weight excluding hydrogens is 196 g/mol. The van der Waals surface area contributed by atoms with Gasteiger partial charge in [0.2, 0.25) is 5.79 Å². The summed E-state index contributed by atoms with van der Waals surface area (Å²) in [5.74, 6) is -2.92. The Morgan fingerprint density at radius 1 is 1.21 bits per heavy atom. The van der Waals surface area contributed by atoms with Gasteiger partial charge in [0.25, 0.3) is 0 Å². The van der Waals surface area contributed by atoms with Crippen LogP contribution in [0.25, 0.3) is 0 Å². The molecule has 1 aliphatic rings. The van der Waals surface area contributed by atoms with Crippen molar-refractivity contribution in [1.82, 2.24) is 0 Å². The van der Waals surface area contributed by atoms with Crippen LogP contribution in [0, 0.1) is 0 Å². The van der Waals surface area contributed by atoms with E-state index in [0.717, 1.165) is 0 Å². The second-order valence-corrected chi connectivity index (χ2v) is 3.61. The third-order valence-corrected chi connectivity index (χ3v) is 2.39. The van der Waals surface area contributed by atoms with Crippen molar-refractivity contribution in [3.8, 4) is 0 Å². The fraction of sp³-hybridized carbons (Fsp3) is 1.00. The molecule has 0 radical (unpaired) electrons. The molecule has 1 saturated heterocycles. The third kappa shape index (κ3) is 1.52. The van der Waals surface area contributed by atoms with Crippen molar-refractivity contribution in [3.05, 3.63) is 0 Å². The maximum atomic E-state index is 9.39. The predicted molar refractivity (Wildman–Crippen MR) is 41.8 cm³/mol. The van der Waals surface area contributed by atoms with Crippen molar-refractivity contribution in [2.75, 3.05) is 6.61 Å². The van der Waals surface area contributed by atoms with E-state index in [-0.39, 0.29) is 0 Å². The Morgan fingerprint density at radius 2 is 1.71 bits per heavy atom. The molecule has 0 aromatic heterocycles. The molecule has 6 N–H and O–H groups in total. The van der Waals surface area contributed by atoms with Crippen LogP contribution in [0.1, 0.15) is 6.92 Å². The highest BCUT2D eigenvalue weighted by Crippen LogP contribution is 2.33. The molecule has 0 saturated carbocycles. The van der Waals surface area contributed by atoms with Crippen LogP contribution in [0.5, 0.6) is 0 Å². The highest BCUT2D eigenvalue weighted by Gasteiger charge is 2.59. The molecule has 84 valence electrons. The lowest BCUT2D eigenvalue weighted by Gasteiger charge is -2.48. The van der Waals surface area contributed by atoms with Crippen LogP contribution in [0.4, 0.5) is 0 Å². The second kappa shape index (κ2) is 3.38. The lowest BCUT2D eigenvalue weighted by atomic mass is 9.86. The average molecular weight is 210 g/mol. The first kappa shape index (κ1) is 11.8. The SMILES string of the molecule is C[C@]1(CO)O[C@H](O)[C@H](O)C(O)(O)[C@H]1O. The van der Waals surface area contributed by atoms with E-state index in [2.05, 4.69) is 4.74 Å². The molecule has 1 heterocycles. The zero-order valence-electron chi connectivity index (χ0n) is 7.53. The smallest absolute Gasteiger partial charge is 0.224 e. The summed E-state index contributed by atoms with van der Waals surface area (Å²) in [5.41, 5.74) is -1.73. The fourth-order valence-electron chi connectivity index (χ4n) is 1.35. The summed E-state index contributed by atoms with van der Waals surface area (Å²) < 4.78 is 4.67. The Balaban J connectivity index is 2.99. The van der Waals surface area contributed by atoms with Gasteiger partial charge in [-0.3, -0.25) is 0 Å². The van der Waals surface area contributed by atoms with E-state index < -0.39 is 36.5 Å². The van der Waals surface area contributed by atoms with Gasteiger partial charge in [-0.1, -0.05) is 0 Å². The van der Waals surface area contributed by atoms with E-state index in [1.807, 2.05) is 0 Å². The molecular formula is C7H14O7. The topological polar surface area (TPSA) is 131 Å². The van der Waals surface area contributed by atoms with Gasteiger partial charge in [-0.2, -0.15) is 0 Å². The van der Waals surface area contributed by atoms with Gasteiger partial charge >= 0.3 is 0 Å². The molecule has 4 atom stereocenters. The largest absolute Gasteiger partial charge is 0.393 e. The molecule has 14 heavy (non-hydrogen) atoms. The number of aliphatic hydroxyl groups excluding tert-OH is 4. The van der Waals surface area contributed by atoms with Crippen LogP contribution in [0.2, 0.25) is 0 Å². The van der Waals surface area contributed by atoms with E-state index in [9.17, 15) is 15.3 Å². The van der Waals surface area contributed by atoms with Crippen molar-refractivity contribution in [3.63, 3.8) is 0 Å². The van der Waals surface area contributed by atoms with E-state index in [4.69, 9.17) is 15.3 Å². The minimum absolute atomic E-state index is 0.735. The van der Waals surface area contributed by atoms with Crippen molar-refractivity contribution < 1.29 is 35.4 Å². The van der Waals surface area contributed by atoms with Crippen LogP contribution in [-0.2, 0) is 4.74 Å². The fourth-order valence-corrected chi connectivity index (χ4v) is 1.35. The van der Waals surface area contributed by atoms with Gasteiger partial charge in [0.15, 0.2) is 12.4 Å². The Labute approximate surface area is 79.8 Å². The third-order valence-electron chi connectivity index (χ3n) is 2.39. The highest BCUT2D eigenvalue weighted by molar-refractivity contribution is 5.01. The molecule has 0 spiro atoms. The number of aliphatic hydroxyl groups is 6. The van der Waals surface area contributed by atoms with Gasteiger partial charge in [0.05, 0.1) is 6.61 Å². The van der Waals surface area contributed by atoms with Crippen LogP contribution in [-0.4, -0.2) is 67.1 Å². The minimum atomic E-state index is -2.92. The summed E-state index contributed by atoms with van der Waals surface area (Å²) in [7, 11) is 0.